The Bertz CT molecular complexity index is 895. The number of nitrogens with one attached hydrogen (secondary N) is 2. The van der Waals surface area contributed by atoms with E-state index in [1.807, 2.05) is 43.4 Å². The highest BCUT2D eigenvalue weighted by atomic mass is 16.5. The molecule has 2 N–H and O–H groups in total. The number of para-hydroxylation sites is 2. The van der Waals surface area contributed by atoms with Crippen LogP contribution in [0.3, 0.4) is 0 Å². The second-order valence-electron chi connectivity index (χ2n) is 8.51. The second kappa shape index (κ2) is 8.56. The summed E-state index contributed by atoms with van der Waals surface area (Å²) in [5.41, 5.74) is 1.27. The number of guanidine groups is 1. The van der Waals surface area contributed by atoms with Gasteiger partial charge >= 0.3 is 0 Å². The maximum atomic E-state index is 5.95. The number of rotatable bonds is 6. The predicted octanol–water partition coefficient (Wildman–Crippen LogP) is 3.97. The minimum atomic E-state index is 0.121. The maximum Gasteiger partial charge on any atom is 0.191 e. The largest absolute Gasteiger partial charge is 0.493 e. The summed E-state index contributed by atoms with van der Waals surface area (Å²) in [4.78, 5) is 4.41. The van der Waals surface area contributed by atoms with Crippen molar-refractivity contribution in [3.63, 3.8) is 0 Å². The number of fused-ring (bicyclic) bond motifs is 1. The van der Waals surface area contributed by atoms with Gasteiger partial charge in [-0.05, 0) is 36.2 Å². The fraction of sp³-hybridized carbons (Fsp3) is 0.458. The van der Waals surface area contributed by atoms with Crippen LogP contribution in [0.1, 0.15) is 25.8 Å². The molecule has 6 nitrogen and oxygen atoms in total. The van der Waals surface area contributed by atoms with Gasteiger partial charge in [0, 0.05) is 37.6 Å². The molecule has 4 rings (SSSR count). The van der Waals surface area contributed by atoms with Gasteiger partial charge in [0.1, 0.15) is 5.75 Å². The van der Waals surface area contributed by atoms with Gasteiger partial charge in [0.2, 0.25) is 0 Å². The average molecular weight is 410 g/mol. The Labute approximate surface area is 178 Å². The van der Waals surface area contributed by atoms with E-state index in [0.29, 0.717) is 36.1 Å². The lowest BCUT2D eigenvalue weighted by atomic mass is 9.57. The third-order valence-corrected chi connectivity index (χ3v) is 6.30. The highest BCUT2D eigenvalue weighted by molar-refractivity contribution is 5.80. The molecule has 0 spiro atoms. The van der Waals surface area contributed by atoms with Crippen LogP contribution in [-0.4, -0.2) is 38.9 Å². The van der Waals surface area contributed by atoms with Gasteiger partial charge in [-0.3, -0.25) is 4.99 Å². The predicted molar refractivity (Wildman–Crippen MR) is 118 cm³/mol. The van der Waals surface area contributed by atoms with Gasteiger partial charge in [0.25, 0.3) is 0 Å². The molecule has 2 aliphatic rings. The van der Waals surface area contributed by atoms with Crippen LogP contribution >= 0.6 is 0 Å². The fourth-order valence-electron chi connectivity index (χ4n) is 4.65. The van der Waals surface area contributed by atoms with Crippen molar-refractivity contribution in [3.8, 4) is 17.2 Å². The third kappa shape index (κ3) is 3.97. The van der Waals surface area contributed by atoms with Crippen LogP contribution in [0.25, 0.3) is 0 Å². The quantitative estimate of drug-likeness (QED) is 0.558. The van der Waals surface area contributed by atoms with E-state index in [4.69, 9.17) is 14.2 Å². The van der Waals surface area contributed by atoms with E-state index in [0.717, 1.165) is 30.3 Å². The van der Waals surface area contributed by atoms with Gasteiger partial charge < -0.3 is 24.8 Å². The second-order valence-corrected chi connectivity index (χ2v) is 8.51. The molecular formula is C24H31N3O3. The van der Waals surface area contributed by atoms with Crippen LogP contribution in [0.2, 0.25) is 0 Å². The lowest BCUT2D eigenvalue weighted by Gasteiger charge is -2.54. The van der Waals surface area contributed by atoms with Crippen molar-refractivity contribution in [1.29, 1.82) is 0 Å². The first-order valence-corrected chi connectivity index (χ1v) is 10.5. The van der Waals surface area contributed by atoms with Gasteiger partial charge in [0.05, 0.1) is 13.2 Å². The minimum absolute atomic E-state index is 0.121. The molecule has 0 bridgehead atoms. The fourth-order valence-corrected chi connectivity index (χ4v) is 4.65. The van der Waals surface area contributed by atoms with E-state index in [-0.39, 0.29) is 5.41 Å². The minimum Gasteiger partial charge on any atom is -0.493 e. The summed E-state index contributed by atoms with van der Waals surface area (Å²) < 4.78 is 17.2. The van der Waals surface area contributed by atoms with E-state index in [1.54, 1.807) is 7.11 Å². The first-order chi connectivity index (χ1) is 14.5. The van der Waals surface area contributed by atoms with Crippen molar-refractivity contribution in [3.05, 3.63) is 54.1 Å². The Morgan fingerprint density at radius 1 is 1.13 bits per heavy atom. The summed E-state index contributed by atoms with van der Waals surface area (Å²) in [6.45, 7) is 6.09. The zero-order valence-electron chi connectivity index (χ0n) is 18.1. The molecule has 1 heterocycles. The molecule has 30 heavy (non-hydrogen) atoms. The van der Waals surface area contributed by atoms with Crippen LogP contribution in [0, 0.1) is 11.3 Å². The Kier molecular flexibility index (Phi) is 5.86. The molecular weight excluding hydrogens is 378 g/mol. The van der Waals surface area contributed by atoms with Crippen LogP contribution in [0.5, 0.6) is 17.2 Å². The van der Waals surface area contributed by atoms with Crippen molar-refractivity contribution in [2.75, 3.05) is 20.8 Å². The summed E-state index contributed by atoms with van der Waals surface area (Å²) >= 11 is 0. The van der Waals surface area contributed by atoms with E-state index < -0.39 is 0 Å². The first-order valence-electron chi connectivity index (χ1n) is 10.5. The number of ether oxygens (including phenoxy) is 3. The Hall–Kier alpha value is -2.73. The summed E-state index contributed by atoms with van der Waals surface area (Å²) in [6.07, 6.45) is 1.49. The van der Waals surface area contributed by atoms with Crippen molar-refractivity contribution < 1.29 is 14.2 Å². The summed E-state index contributed by atoms with van der Waals surface area (Å²) in [5.74, 6) is 3.59. The molecule has 1 aliphatic heterocycles. The van der Waals surface area contributed by atoms with E-state index in [9.17, 15) is 0 Å². The zero-order chi connectivity index (χ0) is 21.1. The Balaban J connectivity index is 1.32. The molecule has 1 saturated heterocycles. The summed E-state index contributed by atoms with van der Waals surface area (Å²) in [6, 6.07) is 16.1. The van der Waals surface area contributed by atoms with Gasteiger partial charge in [-0.15, -0.1) is 0 Å². The van der Waals surface area contributed by atoms with Crippen molar-refractivity contribution in [1.82, 2.24) is 10.6 Å². The highest BCUT2D eigenvalue weighted by Gasteiger charge is 2.59. The number of benzene rings is 2. The number of methoxy groups -OCH3 is 1. The average Bonchev–Trinajstić information content (AvgIpc) is 3.22. The lowest BCUT2D eigenvalue weighted by molar-refractivity contribution is -0.106. The zero-order valence-corrected chi connectivity index (χ0v) is 18.1. The Morgan fingerprint density at radius 3 is 2.57 bits per heavy atom. The van der Waals surface area contributed by atoms with Crippen LogP contribution in [0.4, 0.5) is 0 Å². The number of hydrogen-bond acceptors (Lipinski definition) is 4. The Morgan fingerprint density at radius 2 is 1.87 bits per heavy atom. The molecule has 0 aromatic heterocycles. The molecule has 1 aliphatic carbocycles. The summed E-state index contributed by atoms with van der Waals surface area (Å²) in [7, 11) is 3.45. The smallest absolute Gasteiger partial charge is 0.191 e. The molecule has 2 aromatic carbocycles. The molecule has 160 valence electrons. The maximum absolute atomic E-state index is 5.95. The van der Waals surface area contributed by atoms with Crippen molar-refractivity contribution in [2.24, 2.45) is 16.3 Å². The van der Waals surface area contributed by atoms with Gasteiger partial charge in [-0.1, -0.05) is 38.1 Å². The molecule has 2 aromatic rings. The first kappa shape index (κ1) is 20.5. The molecule has 1 saturated carbocycles. The molecule has 6 heteroatoms. The highest BCUT2D eigenvalue weighted by Crippen LogP contribution is 2.52. The SMILES string of the molecule is CN=C(NCc1ccc(Oc2ccccc2OC)cc1)NC1C2CCOC2C1(C)C. The third-order valence-electron chi connectivity index (χ3n) is 6.30. The van der Waals surface area contributed by atoms with Crippen LogP contribution < -0.4 is 20.1 Å². The topological polar surface area (TPSA) is 64.1 Å². The molecule has 2 fully saturated rings. The molecule has 0 amide bonds. The van der Waals surface area contributed by atoms with Gasteiger partial charge in [0.15, 0.2) is 17.5 Å². The number of hydrogen-bond donors (Lipinski definition) is 2. The molecule has 0 radical (unpaired) electrons. The monoisotopic (exact) mass is 409 g/mol. The van der Waals surface area contributed by atoms with Crippen molar-refractivity contribution in [2.45, 2.75) is 39.0 Å². The van der Waals surface area contributed by atoms with E-state index in [2.05, 4.69) is 41.6 Å². The molecule has 3 atom stereocenters. The number of aliphatic imine (C=N–C) groups is 1. The van der Waals surface area contributed by atoms with Crippen LogP contribution in [0.15, 0.2) is 53.5 Å². The lowest BCUT2D eigenvalue weighted by Crippen LogP contribution is -2.67. The molecule has 3 unspecified atom stereocenters. The standard InChI is InChI=1S/C24H31N3O3/c1-24(2)21(18-13-14-29-22(18)24)27-23(25-3)26-15-16-9-11-17(12-10-16)30-20-8-6-5-7-19(20)28-4/h5-12,18,21-22H,13-15H2,1-4H3,(H2,25,26,27). The number of nitrogens with zero attached hydrogens (tertiary/aromatic N) is 1. The van der Waals surface area contributed by atoms with Gasteiger partial charge in [-0.25, -0.2) is 0 Å². The summed E-state index contributed by atoms with van der Waals surface area (Å²) in [5, 5.41) is 7.04. The van der Waals surface area contributed by atoms with Gasteiger partial charge in [-0.2, -0.15) is 0 Å². The van der Waals surface area contributed by atoms with Crippen LogP contribution in [-0.2, 0) is 11.3 Å². The van der Waals surface area contributed by atoms with E-state index in [1.165, 1.54) is 0 Å². The normalized spacial score (nSPS) is 24.5. The van der Waals surface area contributed by atoms with E-state index >= 15 is 0 Å². The van der Waals surface area contributed by atoms with Crippen molar-refractivity contribution >= 4 is 5.96 Å².